The Balaban J connectivity index is 0.947. The fraction of sp³-hybridized carbons (Fsp3) is 0.871. The second-order valence-corrected chi connectivity index (χ2v) is 13.6. The maximum atomic E-state index is 6.74. The van der Waals surface area contributed by atoms with Gasteiger partial charge in [0.25, 0.3) is 0 Å². The molecule has 36 heavy (non-hydrogen) atoms. The lowest BCUT2D eigenvalue weighted by Crippen LogP contribution is -2.58. The Bertz CT molecular complexity index is 914. The molecule has 3 heterocycles. The van der Waals surface area contributed by atoms with Crippen molar-refractivity contribution < 1.29 is 18.6 Å². The third-order valence-electron chi connectivity index (χ3n) is 12.3. The highest BCUT2D eigenvalue weighted by atomic mass is 16.6. The minimum absolute atomic E-state index is 0.131. The van der Waals surface area contributed by atoms with E-state index in [0.717, 1.165) is 44.1 Å². The van der Waals surface area contributed by atoms with E-state index in [1.165, 1.54) is 82.9 Å². The number of hydrogen-bond acceptors (Lipinski definition) is 5. The lowest BCUT2D eigenvalue weighted by atomic mass is 9.44. The summed E-state index contributed by atoms with van der Waals surface area (Å²) in [7, 11) is 0. The molecule has 0 amide bonds. The van der Waals surface area contributed by atoms with Crippen LogP contribution in [-0.4, -0.2) is 62.2 Å². The molecular formula is C31H47NO4. The predicted octanol–water partition coefficient (Wildman–Crippen LogP) is 6.03. The van der Waals surface area contributed by atoms with Crippen LogP contribution >= 0.6 is 0 Å². The van der Waals surface area contributed by atoms with Crippen LogP contribution in [0.5, 0.6) is 0 Å². The van der Waals surface area contributed by atoms with Gasteiger partial charge in [0.05, 0.1) is 44.6 Å². The average Bonchev–Trinajstić information content (AvgIpc) is 3.29. The van der Waals surface area contributed by atoms with Crippen LogP contribution < -0.4 is 0 Å². The van der Waals surface area contributed by atoms with Crippen LogP contribution in [0.2, 0.25) is 0 Å². The minimum Gasteiger partial charge on any atom is -0.472 e. The Labute approximate surface area is 217 Å². The number of ether oxygens (including phenoxy) is 3. The van der Waals surface area contributed by atoms with E-state index in [-0.39, 0.29) is 11.0 Å². The fourth-order valence-electron chi connectivity index (χ4n) is 10.4. The third kappa shape index (κ3) is 3.62. The number of epoxide rings is 1. The largest absolute Gasteiger partial charge is 0.472 e. The number of likely N-dealkylation sites (tertiary alicyclic amines) is 1. The summed E-state index contributed by atoms with van der Waals surface area (Å²) in [6, 6.07) is 2.21. The van der Waals surface area contributed by atoms with Crippen molar-refractivity contribution in [1.82, 2.24) is 4.90 Å². The van der Waals surface area contributed by atoms with Gasteiger partial charge in [-0.3, -0.25) is 0 Å². The summed E-state index contributed by atoms with van der Waals surface area (Å²) in [5, 5.41) is 0. The van der Waals surface area contributed by atoms with E-state index in [9.17, 15) is 0 Å². The highest BCUT2D eigenvalue weighted by Crippen LogP contribution is 2.78. The standard InChI is InChI=1S/C31H47NO4/c1-29-10-7-24(35-18-17-33-16-14-32-12-3-4-13-32)19-23(29)5-6-26-25(29)8-11-30(2)27(22-9-15-34-21-22)20-28-31(26,30)36-28/h9,15,21,23-28H,3-8,10-14,16-20H2,1-2H3/t23-,24+,25+,26-,27-,28-,29+,30-,31-/m1/s1. The summed E-state index contributed by atoms with van der Waals surface area (Å²) < 4.78 is 24.5. The van der Waals surface area contributed by atoms with Crippen LogP contribution in [0.1, 0.15) is 89.5 Å². The molecule has 7 rings (SSSR count). The first-order valence-corrected chi connectivity index (χ1v) is 15.2. The van der Waals surface area contributed by atoms with Crippen molar-refractivity contribution in [1.29, 1.82) is 0 Å². The van der Waals surface area contributed by atoms with Crippen LogP contribution in [-0.2, 0) is 14.2 Å². The molecule has 4 aliphatic carbocycles. The SMILES string of the molecule is C[C@]12CC[C@H](OCCOCCN3CCCC3)C[C@H]1CC[C@@H]1[C@@H]2CC[C@]2(C)[C@@H](c3ccoc3)C[C@H]3O[C@]132. The molecule has 1 aromatic heterocycles. The van der Waals surface area contributed by atoms with Crippen molar-refractivity contribution in [3.05, 3.63) is 24.2 Å². The van der Waals surface area contributed by atoms with Gasteiger partial charge >= 0.3 is 0 Å². The number of hydrogen-bond donors (Lipinski definition) is 0. The molecule has 9 atom stereocenters. The van der Waals surface area contributed by atoms with Gasteiger partial charge in [0.15, 0.2) is 0 Å². The van der Waals surface area contributed by atoms with Gasteiger partial charge in [0.2, 0.25) is 0 Å². The second-order valence-electron chi connectivity index (χ2n) is 13.6. The molecule has 0 unspecified atom stereocenters. The van der Waals surface area contributed by atoms with Crippen LogP contribution in [0, 0.1) is 28.6 Å². The van der Waals surface area contributed by atoms with E-state index in [0.29, 0.717) is 23.5 Å². The van der Waals surface area contributed by atoms with Gasteiger partial charge < -0.3 is 23.5 Å². The smallest absolute Gasteiger partial charge is 0.104 e. The van der Waals surface area contributed by atoms with Gasteiger partial charge in [-0.05, 0) is 118 Å². The average molecular weight is 498 g/mol. The zero-order valence-electron chi connectivity index (χ0n) is 22.6. The summed E-state index contributed by atoms with van der Waals surface area (Å²) in [4.78, 5) is 2.52. The Morgan fingerprint density at radius 2 is 1.86 bits per heavy atom. The highest BCUT2D eigenvalue weighted by molar-refractivity contribution is 5.35. The van der Waals surface area contributed by atoms with E-state index < -0.39 is 0 Å². The molecule has 200 valence electrons. The van der Waals surface area contributed by atoms with Crippen LogP contribution in [0.25, 0.3) is 0 Å². The fourth-order valence-corrected chi connectivity index (χ4v) is 10.4. The highest BCUT2D eigenvalue weighted by Gasteiger charge is 2.80. The van der Waals surface area contributed by atoms with Crippen molar-refractivity contribution in [2.24, 2.45) is 28.6 Å². The third-order valence-corrected chi connectivity index (χ3v) is 12.3. The van der Waals surface area contributed by atoms with Crippen LogP contribution in [0.3, 0.4) is 0 Å². The van der Waals surface area contributed by atoms with Crippen molar-refractivity contribution >= 4 is 0 Å². The summed E-state index contributed by atoms with van der Waals surface area (Å²) in [6.07, 6.45) is 17.8. The first-order valence-electron chi connectivity index (χ1n) is 15.2. The van der Waals surface area contributed by atoms with Crippen molar-refractivity contribution in [3.63, 3.8) is 0 Å². The summed E-state index contributed by atoms with van der Waals surface area (Å²) >= 11 is 0. The molecule has 1 aromatic rings. The number of furan rings is 1. The van der Waals surface area contributed by atoms with E-state index in [2.05, 4.69) is 24.8 Å². The van der Waals surface area contributed by atoms with Gasteiger partial charge in [0.1, 0.15) is 5.60 Å². The monoisotopic (exact) mass is 497 g/mol. The van der Waals surface area contributed by atoms with Gasteiger partial charge in [-0.25, -0.2) is 0 Å². The maximum absolute atomic E-state index is 6.74. The zero-order valence-corrected chi connectivity index (χ0v) is 22.6. The first-order chi connectivity index (χ1) is 17.5. The summed E-state index contributed by atoms with van der Waals surface area (Å²) in [6.45, 7) is 11.1. The molecule has 4 saturated carbocycles. The molecule has 0 N–H and O–H groups in total. The van der Waals surface area contributed by atoms with Gasteiger partial charge in [0, 0.05) is 12.0 Å². The molecule has 2 saturated heterocycles. The van der Waals surface area contributed by atoms with Crippen molar-refractivity contribution in [3.8, 4) is 0 Å². The molecule has 5 nitrogen and oxygen atoms in total. The normalized spacial score (nSPS) is 47.7. The van der Waals surface area contributed by atoms with Gasteiger partial charge in [-0.1, -0.05) is 13.8 Å². The zero-order chi connectivity index (χ0) is 24.4. The Hall–Kier alpha value is -0.880. The molecule has 0 aromatic carbocycles. The van der Waals surface area contributed by atoms with E-state index in [1.54, 1.807) is 0 Å². The van der Waals surface area contributed by atoms with Crippen LogP contribution in [0.4, 0.5) is 0 Å². The molecule has 6 fully saturated rings. The molecule has 6 aliphatic rings. The Morgan fingerprint density at radius 3 is 2.69 bits per heavy atom. The predicted molar refractivity (Wildman–Crippen MR) is 139 cm³/mol. The molecule has 2 aliphatic heterocycles. The molecule has 5 heteroatoms. The number of nitrogens with zero attached hydrogens (tertiary/aromatic N) is 1. The lowest BCUT2D eigenvalue weighted by Gasteiger charge is -2.61. The Morgan fingerprint density at radius 1 is 0.972 bits per heavy atom. The van der Waals surface area contributed by atoms with E-state index in [4.69, 9.17) is 18.6 Å². The summed E-state index contributed by atoms with van der Waals surface area (Å²) in [5.74, 6) is 2.95. The minimum atomic E-state index is 0.131. The van der Waals surface area contributed by atoms with Crippen molar-refractivity contribution in [2.75, 3.05) is 39.5 Å². The van der Waals surface area contributed by atoms with E-state index in [1.807, 2.05) is 12.5 Å². The number of rotatable bonds is 8. The summed E-state index contributed by atoms with van der Waals surface area (Å²) in [5.41, 5.74) is 2.26. The molecule has 0 bridgehead atoms. The Kier molecular flexibility index (Phi) is 6.11. The molecule has 1 spiro atoms. The van der Waals surface area contributed by atoms with Gasteiger partial charge in [-0.2, -0.15) is 0 Å². The number of fused-ring (bicyclic) bond motifs is 3. The lowest BCUT2D eigenvalue weighted by molar-refractivity contribution is -0.147. The van der Waals surface area contributed by atoms with Crippen molar-refractivity contribution in [2.45, 2.75) is 102 Å². The van der Waals surface area contributed by atoms with Gasteiger partial charge in [-0.15, -0.1) is 0 Å². The van der Waals surface area contributed by atoms with Crippen LogP contribution in [0.15, 0.2) is 23.0 Å². The maximum Gasteiger partial charge on any atom is 0.104 e. The topological polar surface area (TPSA) is 47.4 Å². The first kappa shape index (κ1) is 24.2. The second kappa shape index (κ2) is 9.10. The quantitative estimate of drug-likeness (QED) is 0.324. The molecule has 0 radical (unpaired) electrons. The van der Waals surface area contributed by atoms with E-state index >= 15 is 0 Å². The molecular weight excluding hydrogens is 450 g/mol.